The predicted octanol–water partition coefficient (Wildman–Crippen LogP) is 3.46. The second-order valence-electron chi connectivity index (χ2n) is 7.74. The molecule has 0 aliphatic carbocycles. The van der Waals surface area contributed by atoms with E-state index in [4.69, 9.17) is 4.74 Å². The fourth-order valence-electron chi connectivity index (χ4n) is 3.94. The highest BCUT2D eigenvalue weighted by molar-refractivity contribution is 6.05. The van der Waals surface area contributed by atoms with Crippen LogP contribution in [0.25, 0.3) is 0 Å². The van der Waals surface area contributed by atoms with Crippen LogP contribution in [-0.4, -0.2) is 49.5 Å². The molecule has 2 aromatic rings. The van der Waals surface area contributed by atoms with E-state index in [1.807, 2.05) is 43.3 Å². The molecule has 2 aliphatic heterocycles. The summed E-state index contributed by atoms with van der Waals surface area (Å²) in [4.78, 5) is 29.3. The Morgan fingerprint density at radius 3 is 2.69 bits per heavy atom. The maximum Gasteiger partial charge on any atom is 0.265 e. The van der Waals surface area contributed by atoms with Crippen LogP contribution in [0.5, 0.6) is 5.75 Å². The Morgan fingerprint density at radius 2 is 1.90 bits per heavy atom. The number of nitrogens with zero attached hydrogens (tertiary/aromatic N) is 2. The van der Waals surface area contributed by atoms with Crippen molar-refractivity contribution in [2.24, 2.45) is 0 Å². The number of nitrogens with one attached hydrogen (secondary N) is 1. The van der Waals surface area contributed by atoms with Gasteiger partial charge in [-0.15, -0.1) is 0 Å². The van der Waals surface area contributed by atoms with E-state index in [9.17, 15) is 9.59 Å². The van der Waals surface area contributed by atoms with Crippen LogP contribution in [0.1, 0.15) is 35.2 Å². The predicted molar refractivity (Wildman–Crippen MR) is 114 cm³/mol. The Kier molecular flexibility index (Phi) is 5.81. The van der Waals surface area contributed by atoms with Crippen molar-refractivity contribution in [3.8, 4) is 5.75 Å². The van der Waals surface area contributed by atoms with E-state index >= 15 is 0 Å². The quantitative estimate of drug-likeness (QED) is 0.845. The van der Waals surface area contributed by atoms with Crippen LogP contribution in [0.3, 0.4) is 0 Å². The number of likely N-dealkylation sites (tertiary alicyclic amines) is 1. The van der Waals surface area contributed by atoms with Crippen molar-refractivity contribution < 1.29 is 14.3 Å². The maximum atomic E-state index is 12.6. The lowest BCUT2D eigenvalue weighted by Gasteiger charge is -2.33. The molecule has 0 aromatic heterocycles. The SMILES string of the molecule is Cc1cccc(C(=O)Nc2ccc3c(c2)N(CCN2CCCCC2)C(=O)CO3)c1. The van der Waals surface area contributed by atoms with Crippen LogP contribution in [0, 0.1) is 6.92 Å². The molecular formula is C23H27N3O3. The molecule has 2 aromatic carbocycles. The van der Waals surface area contributed by atoms with E-state index in [-0.39, 0.29) is 18.4 Å². The van der Waals surface area contributed by atoms with Gasteiger partial charge in [-0.1, -0.05) is 24.1 Å². The third kappa shape index (κ3) is 4.59. The van der Waals surface area contributed by atoms with Gasteiger partial charge in [0.1, 0.15) is 5.75 Å². The number of carbonyl (C=O) groups excluding carboxylic acids is 2. The van der Waals surface area contributed by atoms with E-state index in [1.54, 1.807) is 11.0 Å². The first-order valence-corrected chi connectivity index (χ1v) is 10.3. The Bertz CT molecular complexity index is 906. The van der Waals surface area contributed by atoms with Crippen LogP contribution < -0.4 is 15.0 Å². The summed E-state index contributed by atoms with van der Waals surface area (Å²) in [6.45, 7) is 5.69. The second-order valence-corrected chi connectivity index (χ2v) is 7.74. The minimum atomic E-state index is -0.170. The summed E-state index contributed by atoms with van der Waals surface area (Å²) in [5, 5.41) is 2.93. The molecule has 1 N–H and O–H groups in total. The first kappa shape index (κ1) is 19.5. The molecule has 152 valence electrons. The number of benzene rings is 2. The van der Waals surface area contributed by atoms with Crippen LogP contribution in [0.15, 0.2) is 42.5 Å². The van der Waals surface area contributed by atoms with Gasteiger partial charge < -0.3 is 19.9 Å². The molecule has 4 rings (SSSR count). The summed E-state index contributed by atoms with van der Waals surface area (Å²) in [7, 11) is 0. The molecule has 0 radical (unpaired) electrons. The van der Waals surface area contributed by atoms with Crippen LogP contribution in [0.4, 0.5) is 11.4 Å². The molecule has 0 unspecified atom stereocenters. The zero-order valence-corrected chi connectivity index (χ0v) is 16.8. The van der Waals surface area contributed by atoms with Gasteiger partial charge in [0, 0.05) is 24.3 Å². The van der Waals surface area contributed by atoms with Gasteiger partial charge in [0.2, 0.25) is 0 Å². The van der Waals surface area contributed by atoms with Crippen molar-refractivity contribution in [1.29, 1.82) is 0 Å². The summed E-state index contributed by atoms with van der Waals surface area (Å²) in [6.07, 6.45) is 3.74. The highest BCUT2D eigenvalue weighted by Gasteiger charge is 2.26. The normalized spacial score (nSPS) is 16.9. The molecule has 1 fully saturated rings. The fourth-order valence-corrected chi connectivity index (χ4v) is 3.94. The van der Waals surface area contributed by atoms with Gasteiger partial charge in [-0.05, 0) is 63.2 Å². The third-order valence-electron chi connectivity index (χ3n) is 5.53. The average Bonchev–Trinajstić information content (AvgIpc) is 2.74. The first-order valence-electron chi connectivity index (χ1n) is 10.3. The number of aryl methyl sites for hydroxylation is 1. The number of anilines is 2. The molecular weight excluding hydrogens is 366 g/mol. The highest BCUT2D eigenvalue weighted by Crippen LogP contribution is 2.34. The maximum absolute atomic E-state index is 12.6. The number of hydrogen-bond donors (Lipinski definition) is 1. The summed E-state index contributed by atoms with van der Waals surface area (Å²) >= 11 is 0. The van der Waals surface area contributed by atoms with Crippen molar-refractivity contribution in [1.82, 2.24) is 4.90 Å². The Hall–Kier alpha value is -2.86. The van der Waals surface area contributed by atoms with Gasteiger partial charge in [0.25, 0.3) is 11.8 Å². The number of carbonyl (C=O) groups is 2. The topological polar surface area (TPSA) is 61.9 Å². The van der Waals surface area contributed by atoms with Crippen molar-refractivity contribution in [3.05, 3.63) is 53.6 Å². The third-order valence-corrected chi connectivity index (χ3v) is 5.53. The van der Waals surface area contributed by atoms with Gasteiger partial charge >= 0.3 is 0 Å². The summed E-state index contributed by atoms with van der Waals surface area (Å²) in [6, 6.07) is 12.9. The molecule has 1 saturated heterocycles. The van der Waals surface area contributed by atoms with Gasteiger partial charge in [0.15, 0.2) is 6.61 Å². The van der Waals surface area contributed by atoms with Gasteiger partial charge in [-0.3, -0.25) is 9.59 Å². The molecule has 29 heavy (non-hydrogen) atoms. The van der Waals surface area contributed by atoms with Crippen molar-refractivity contribution >= 4 is 23.2 Å². The lowest BCUT2D eigenvalue weighted by Crippen LogP contribution is -2.44. The molecule has 2 amide bonds. The smallest absolute Gasteiger partial charge is 0.265 e. The van der Waals surface area contributed by atoms with Crippen molar-refractivity contribution in [2.75, 3.05) is 43.0 Å². The lowest BCUT2D eigenvalue weighted by atomic mass is 10.1. The molecule has 0 atom stereocenters. The zero-order chi connectivity index (χ0) is 20.2. The summed E-state index contributed by atoms with van der Waals surface area (Å²) in [5.41, 5.74) is 3.01. The van der Waals surface area contributed by atoms with Gasteiger partial charge in [-0.25, -0.2) is 0 Å². The van der Waals surface area contributed by atoms with E-state index < -0.39 is 0 Å². The number of rotatable bonds is 5. The van der Waals surface area contributed by atoms with Crippen molar-refractivity contribution in [3.63, 3.8) is 0 Å². The van der Waals surface area contributed by atoms with Gasteiger partial charge in [-0.2, -0.15) is 0 Å². The molecule has 2 heterocycles. The molecule has 0 saturated carbocycles. The average molecular weight is 393 g/mol. The minimum Gasteiger partial charge on any atom is -0.482 e. The second kappa shape index (κ2) is 8.66. The lowest BCUT2D eigenvalue weighted by molar-refractivity contribution is -0.121. The number of amides is 2. The fraction of sp³-hybridized carbons (Fsp3) is 0.391. The van der Waals surface area contributed by atoms with Crippen molar-refractivity contribution in [2.45, 2.75) is 26.2 Å². The Labute approximate surface area is 171 Å². The van der Waals surface area contributed by atoms with Crippen LogP contribution in [0.2, 0.25) is 0 Å². The number of hydrogen-bond acceptors (Lipinski definition) is 4. The van der Waals surface area contributed by atoms with Gasteiger partial charge in [0.05, 0.1) is 5.69 Å². The monoisotopic (exact) mass is 393 g/mol. The summed E-state index contributed by atoms with van der Waals surface area (Å²) in [5.74, 6) is 0.463. The first-order chi connectivity index (χ1) is 14.1. The minimum absolute atomic E-state index is 0.0447. The van der Waals surface area contributed by atoms with Crippen LogP contribution in [-0.2, 0) is 4.79 Å². The molecule has 2 aliphatic rings. The Balaban J connectivity index is 1.50. The van der Waals surface area contributed by atoms with E-state index in [0.29, 0.717) is 23.5 Å². The number of ether oxygens (including phenoxy) is 1. The van der Waals surface area contributed by atoms with E-state index in [1.165, 1.54) is 19.3 Å². The zero-order valence-electron chi connectivity index (χ0n) is 16.8. The largest absolute Gasteiger partial charge is 0.482 e. The van der Waals surface area contributed by atoms with Crippen LogP contribution >= 0.6 is 0 Å². The standard InChI is InChI=1S/C23H27N3O3/c1-17-6-5-7-18(14-17)23(28)24-19-8-9-21-20(15-19)26(22(27)16-29-21)13-12-25-10-3-2-4-11-25/h5-9,14-15H,2-4,10-13,16H2,1H3,(H,24,28). The molecule has 6 heteroatoms. The van der Waals surface area contributed by atoms with E-state index in [2.05, 4.69) is 10.2 Å². The Morgan fingerprint density at radius 1 is 1.07 bits per heavy atom. The number of fused-ring (bicyclic) bond motifs is 1. The molecule has 0 spiro atoms. The molecule has 6 nitrogen and oxygen atoms in total. The van der Waals surface area contributed by atoms with E-state index in [0.717, 1.165) is 30.9 Å². The number of piperidine rings is 1. The highest BCUT2D eigenvalue weighted by atomic mass is 16.5. The summed E-state index contributed by atoms with van der Waals surface area (Å²) < 4.78 is 5.60. The molecule has 0 bridgehead atoms.